The van der Waals surface area contributed by atoms with Gasteiger partial charge in [0.25, 0.3) is 0 Å². The molecule has 1 N–H and O–H groups in total. The first-order chi connectivity index (χ1) is 10.0. The maximum atomic E-state index is 12.0. The molecule has 1 saturated heterocycles. The Labute approximate surface area is 126 Å². The number of carbonyl (C=O) groups is 2. The summed E-state index contributed by atoms with van der Waals surface area (Å²) in [5, 5.41) is 3.39. The lowest BCUT2D eigenvalue weighted by molar-refractivity contribution is -0.148. The van der Waals surface area contributed by atoms with E-state index in [0.29, 0.717) is 25.8 Å². The van der Waals surface area contributed by atoms with Crippen LogP contribution in [-0.2, 0) is 9.59 Å². The third kappa shape index (κ3) is 3.70. The van der Waals surface area contributed by atoms with Crippen molar-refractivity contribution in [2.75, 3.05) is 13.1 Å². The molecular weight excluding hydrogens is 264 g/mol. The van der Waals surface area contributed by atoms with Crippen LogP contribution in [0.3, 0.4) is 0 Å². The topological polar surface area (TPSA) is 49.4 Å². The van der Waals surface area contributed by atoms with E-state index in [1.165, 1.54) is 16.0 Å². The minimum atomic E-state index is -0.0435. The van der Waals surface area contributed by atoms with Crippen LogP contribution in [0.5, 0.6) is 0 Å². The molecule has 114 valence electrons. The minimum Gasteiger partial charge on any atom is -0.309 e. The van der Waals surface area contributed by atoms with Crippen LogP contribution in [0.25, 0.3) is 0 Å². The number of likely N-dealkylation sites (N-methyl/N-ethyl adjacent to an activating group) is 1. The fourth-order valence-electron chi connectivity index (χ4n) is 2.70. The Morgan fingerprint density at radius 1 is 1.14 bits per heavy atom. The van der Waals surface area contributed by atoms with Crippen LogP contribution in [-0.4, -0.2) is 29.8 Å². The highest BCUT2D eigenvalue weighted by molar-refractivity contribution is 5.97. The number of likely N-dealkylation sites (tertiary alicyclic amines) is 1. The van der Waals surface area contributed by atoms with E-state index in [0.717, 1.165) is 12.1 Å². The largest absolute Gasteiger partial charge is 0.309 e. The number of benzene rings is 1. The third-order valence-electron chi connectivity index (χ3n) is 4.13. The summed E-state index contributed by atoms with van der Waals surface area (Å²) >= 11 is 0. The van der Waals surface area contributed by atoms with E-state index in [9.17, 15) is 9.59 Å². The molecule has 0 aliphatic carbocycles. The predicted octanol–water partition coefficient (Wildman–Crippen LogP) is 2.49. The van der Waals surface area contributed by atoms with Crippen LogP contribution in [0.2, 0.25) is 0 Å². The number of rotatable bonds is 5. The van der Waals surface area contributed by atoms with E-state index in [4.69, 9.17) is 0 Å². The first-order valence-corrected chi connectivity index (χ1v) is 7.66. The number of imide groups is 1. The summed E-state index contributed by atoms with van der Waals surface area (Å²) in [5.41, 5.74) is 3.61. The molecule has 2 rings (SSSR count). The lowest BCUT2D eigenvalue weighted by Crippen LogP contribution is -2.45. The van der Waals surface area contributed by atoms with Gasteiger partial charge in [-0.25, -0.2) is 0 Å². The number of carbonyl (C=O) groups excluding carboxylic acids is 2. The van der Waals surface area contributed by atoms with E-state index < -0.39 is 0 Å². The van der Waals surface area contributed by atoms with Gasteiger partial charge in [0.2, 0.25) is 11.8 Å². The molecule has 1 aromatic carbocycles. The van der Waals surface area contributed by atoms with Crippen LogP contribution in [0.15, 0.2) is 18.2 Å². The molecule has 0 bridgehead atoms. The Hall–Kier alpha value is -1.68. The summed E-state index contributed by atoms with van der Waals surface area (Å²) in [6.07, 6.45) is 1.65. The summed E-state index contributed by atoms with van der Waals surface area (Å²) < 4.78 is 0. The van der Waals surface area contributed by atoms with Gasteiger partial charge in [-0.05, 0) is 43.5 Å². The molecular formula is C17H24N2O2. The fraction of sp³-hybridized carbons (Fsp3) is 0.529. The number of amides is 2. The van der Waals surface area contributed by atoms with Crippen molar-refractivity contribution < 1.29 is 9.59 Å². The zero-order valence-corrected chi connectivity index (χ0v) is 13.1. The normalized spacial score (nSPS) is 17.2. The molecule has 1 aliphatic heterocycles. The summed E-state index contributed by atoms with van der Waals surface area (Å²) in [5.74, 6) is -0.0871. The van der Waals surface area contributed by atoms with E-state index in [1.807, 2.05) is 6.92 Å². The molecule has 1 unspecified atom stereocenters. The summed E-state index contributed by atoms with van der Waals surface area (Å²) in [6.45, 7) is 7.42. The number of piperidine rings is 1. The van der Waals surface area contributed by atoms with E-state index in [-0.39, 0.29) is 17.9 Å². The Morgan fingerprint density at radius 3 is 2.38 bits per heavy atom. The van der Waals surface area contributed by atoms with Crippen molar-refractivity contribution in [3.63, 3.8) is 0 Å². The summed E-state index contributed by atoms with van der Waals surface area (Å²) in [4.78, 5) is 25.4. The van der Waals surface area contributed by atoms with Gasteiger partial charge in [-0.3, -0.25) is 14.5 Å². The number of hydrogen-bond donors (Lipinski definition) is 1. The molecule has 2 amide bonds. The number of nitrogens with one attached hydrogen (secondary N) is 1. The lowest BCUT2D eigenvalue weighted by atomic mass is 9.99. The quantitative estimate of drug-likeness (QED) is 0.847. The maximum Gasteiger partial charge on any atom is 0.229 e. The third-order valence-corrected chi connectivity index (χ3v) is 4.13. The second-order valence-electron chi connectivity index (χ2n) is 5.71. The Bertz CT molecular complexity index is 524. The predicted molar refractivity (Wildman–Crippen MR) is 82.9 cm³/mol. The summed E-state index contributed by atoms with van der Waals surface area (Å²) in [7, 11) is 0. The van der Waals surface area contributed by atoms with Crippen molar-refractivity contribution in [2.45, 2.75) is 46.1 Å². The zero-order valence-electron chi connectivity index (χ0n) is 13.1. The molecule has 1 fully saturated rings. The average molecular weight is 288 g/mol. The highest BCUT2D eigenvalue weighted by Gasteiger charge is 2.28. The molecule has 4 nitrogen and oxygen atoms in total. The molecule has 1 heterocycles. The monoisotopic (exact) mass is 288 g/mol. The number of aryl methyl sites for hydroxylation is 2. The van der Waals surface area contributed by atoms with Gasteiger partial charge in [0, 0.05) is 19.4 Å². The van der Waals surface area contributed by atoms with Gasteiger partial charge >= 0.3 is 0 Å². The Balaban J connectivity index is 2.20. The van der Waals surface area contributed by atoms with E-state index >= 15 is 0 Å². The minimum absolute atomic E-state index is 0.000278. The van der Waals surface area contributed by atoms with Gasteiger partial charge < -0.3 is 5.32 Å². The van der Waals surface area contributed by atoms with Crippen molar-refractivity contribution in [1.82, 2.24) is 10.2 Å². The molecule has 4 heteroatoms. The van der Waals surface area contributed by atoms with Crippen molar-refractivity contribution in [1.29, 1.82) is 0 Å². The molecule has 1 aromatic rings. The SMILES string of the molecule is CCNC(CN1C(=O)CCCC1=O)c1ccc(C)c(C)c1. The second-order valence-corrected chi connectivity index (χ2v) is 5.71. The number of hydrogen-bond acceptors (Lipinski definition) is 3. The molecule has 1 aliphatic rings. The van der Waals surface area contributed by atoms with Gasteiger partial charge in [-0.15, -0.1) is 0 Å². The van der Waals surface area contributed by atoms with Gasteiger partial charge in [0.05, 0.1) is 6.04 Å². The molecule has 0 aromatic heterocycles. The fourth-order valence-corrected chi connectivity index (χ4v) is 2.70. The highest BCUT2D eigenvalue weighted by Crippen LogP contribution is 2.21. The van der Waals surface area contributed by atoms with Crippen LogP contribution >= 0.6 is 0 Å². The highest BCUT2D eigenvalue weighted by atomic mass is 16.2. The molecule has 0 spiro atoms. The van der Waals surface area contributed by atoms with Crippen LogP contribution in [0.4, 0.5) is 0 Å². The van der Waals surface area contributed by atoms with E-state index in [2.05, 4.69) is 37.4 Å². The van der Waals surface area contributed by atoms with Crippen molar-refractivity contribution >= 4 is 11.8 Å². The van der Waals surface area contributed by atoms with Crippen molar-refractivity contribution in [2.24, 2.45) is 0 Å². The smallest absolute Gasteiger partial charge is 0.229 e. The van der Waals surface area contributed by atoms with Crippen LogP contribution in [0, 0.1) is 13.8 Å². The Kier molecular flexibility index (Phi) is 5.12. The summed E-state index contributed by atoms with van der Waals surface area (Å²) in [6, 6.07) is 6.31. The number of nitrogens with zero attached hydrogens (tertiary/aromatic N) is 1. The molecule has 0 radical (unpaired) electrons. The molecule has 1 atom stereocenters. The van der Waals surface area contributed by atoms with E-state index in [1.54, 1.807) is 0 Å². The van der Waals surface area contributed by atoms with Gasteiger partial charge in [0.15, 0.2) is 0 Å². The molecule has 21 heavy (non-hydrogen) atoms. The van der Waals surface area contributed by atoms with Gasteiger partial charge in [0.1, 0.15) is 0 Å². The maximum absolute atomic E-state index is 12.0. The van der Waals surface area contributed by atoms with Crippen molar-refractivity contribution in [3.8, 4) is 0 Å². The zero-order chi connectivity index (χ0) is 15.4. The molecule has 0 saturated carbocycles. The Morgan fingerprint density at radius 2 is 1.81 bits per heavy atom. The first kappa shape index (κ1) is 15.7. The van der Waals surface area contributed by atoms with Gasteiger partial charge in [-0.2, -0.15) is 0 Å². The first-order valence-electron chi connectivity index (χ1n) is 7.66. The lowest BCUT2D eigenvalue weighted by Gasteiger charge is -2.30. The van der Waals surface area contributed by atoms with Crippen LogP contribution in [0.1, 0.15) is 48.9 Å². The van der Waals surface area contributed by atoms with Gasteiger partial charge in [-0.1, -0.05) is 25.1 Å². The van der Waals surface area contributed by atoms with Crippen molar-refractivity contribution in [3.05, 3.63) is 34.9 Å². The average Bonchev–Trinajstić information content (AvgIpc) is 2.45. The second kappa shape index (κ2) is 6.85. The standard InChI is InChI=1S/C17H24N2O2/c1-4-18-15(14-9-8-12(2)13(3)10-14)11-19-16(20)6-5-7-17(19)21/h8-10,15,18H,4-7,11H2,1-3H3. The van der Waals surface area contributed by atoms with Crippen LogP contribution < -0.4 is 5.32 Å².